The molecule has 1 aliphatic heterocycles. The normalized spacial score (nSPS) is 17.8. The third-order valence-electron chi connectivity index (χ3n) is 6.87. The van der Waals surface area contributed by atoms with E-state index in [-0.39, 0.29) is 37.0 Å². The van der Waals surface area contributed by atoms with Crippen molar-refractivity contribution >= 4 is 17.6 Å². The van der Waals surface area contributed by atoms with E-state index in [9.17, 15) is 14.3 Å². The number of aliphatic hydroxyl groups is 1. The molecule has 1 fully saturated rings. The minimum absolute atomic E-state index is 0.167. The first kappa shape index (κ1) is 28.6. The lowest BCUT2D eigenvalue weighted by Gasteiger charge is -2.28. The summed E-state index contributed by atoms with van der Waals surface area (Å²) in [6, 6.07) is 11.4. The van der Waals surface area contributed by atoms with E-state index in [4.69, 9.17) is 21.1 Å². The van der Waals surface area contributed by atoms with Crippen molar-refractivity contribution in [2.45, 2.75) is 77.5 Å². The molecule has 2 aromatic rings. The average molecular weight is 520 g/mol. The van der Waals surface area contributed by atoms with Gasteiger partial charge in [-0.3, -0.25) is 9.69 Å². The fourth-order valence-corrected chi connectivity index (χ4v) is 5.15. The number of ether oxygens (including phenoxy) is 2. The quantitative estimate of drug-likeness (QED) is 0.338. The highest BCUT2D eigenvalue weighted by atomic mass is 35.5. The van der Waals surface area contributed by atoms with Gasteiger partial charge in [0.2, 0.25) is 0 Å². The third-order valence-corrected chi connectivity index (χ3v) is 7.10. The number of benzene rings is 2. The van der Waals surface area contributed by atoms with Crippen molar-refractivity contribution in [2.75, 3.05) is 26.3 Å². The molecule has 5 nitrogen and oxygen atoms in total. The number of carbonyl (C=O) groups is 1. The summed E-state index contributed by atoms with van der Waals surface area (Å²) < 4.78 is 25.2. The number of halogens is 2. The number of hydrogen-bond donors (Lipinski definition) is 1. The van der Waals surface area contributed by atoms with Crippen molar-refractivity contribution in [3.05, 3.63) is 69.5 Å². The van der Waals surface area contributed by atoms with Gasteiger partial charge in [-0.15, -0.1) is 0 Å². The molecule has 2 aromatic carbocycles. The van der Waals surface area contributed by atoms with E-state index in [1.165, 1.54) is 0 Å². The Balaban J connectivity index is 1.56. The first-order valence-electron chi connectivity index (χ1n) is 13.0. The van der Waals surface area contributed by atoms with Gasteiger partial charge in [-0.2, -0.15) is 0 Å². The van der Waals surface area contributed by atoms with Crippen LogP contribution in [0.4, 0.5) is 4.39 Å². The number of hydrogen-bond acceptors (Lipinski definition) is 5. The Labute approximate surface area is 219 Å². The molecule has 3 rings (SSSR count). The molecule has 0 saturated carbocycles. The molecule has 1 aliphatic rings. The highest BCUT2D eigenvalue weighted by Crippen LogP contribution is 2.29. The maximum atomic E-state index is 14.0. The van der Waals surface area contributed by atoms with Crippen LogP contribution in [0.1, 0.15) is 67.9 Å². The fourth-order valence-electron chi connectivity index (χ4n) is 4.96. The van der Waals surface area contributed by atoms with Crippen molar-refractivity contribution in [1.29, 1.82) is 0 Å². The molecular formula is C29H39ClFNO4. The van der Waals surface area contributed by atoms with E-state index in [0.29, 0.717) is 30.2 Å². The first-order valence-corrected chi connectivity index (χ1v) is 13.4. The van der Waals surface area contributed by atoms with Crippen LogP contribution in [-0.2, 0) is 27.1 Å². The van der Waals surface area contributed by atoms with Crippen molar-refractivity contribution in [1.82, 2.24) is 4.90 Å². The number of β-amino-alcohol motifs (C(OH)–C–C–N with tert-alkyl or cyclic N) is 1. The van der Waals surface area contributed by atoms with Crippen LogP contribution >= 0.6 is 11.6 Å². The summed E-state index contributed by atoms with van der Waals surface area (Å²) >= 11 is 6.23. The summed E-state index contributed by atoms with van der Waals surface area (Å²) in [4.78, 5) is 14.2. The molecule has 0 bridgehead atoms. The van der Waals surface area contributed by atoms with Crippen LogP contribution in [0.15, 0.2) is 36.4 Å². The Morgan fingerprint density at radius 1 is 1.25 bits per heavy atom. The van der Waals surface area contributed by atoms with Crippen LogP contribution in [0.2, 0.25) is 5.02 Å². The molecule has 2 unspecified atom stereocenters. The predicted molar refractivity (Wildman–Crippen MR) is 141 cm³/mol. The molecule has 1 saturated heterocycles. The van der Waals surface area contributed by atoms with Crippen molar-refractivity contribution < 1.29 is 23.8 Å². The standard InChI is InChI=1S/C29H39ClFNO4/c1-4-28(26-12-11-23(30)17-22(26)10-13-29(34)35-5-2)36-19-25(33)18-32-14-6-7-24(32)15-21-9-8-20(3)27(31)16-21/h8-9,11-12,16-17,24-25,28,33H,4-7,10,13-15,18-19H2,1-3H3/t24-,25?,28?/m0/s1. The van der Waals surface area contributed by atoms with Crippen LogP contribution in [0, 0.1) is 12.7 Å². The summed E-state index contributed by atoms with van der Waals surface area (Å²) in [5.41, 5.74) is 3.59. The van der Waals surface area contributed by atoms with Gasteiger partial charge < -0.3 is 14.6 Å². The monoisotopic (exact) mass is 519 g/mol. The van der Waals surface area contributed by atoms with Crippen LogP contribution in [0.5, 0.6) is 0 Å². The lowest BCUT2D eigenvalue weighted by Crippen LogP contribution is -2.39. The number of carbonyl (C=O) groups excluding carboxylic acids is 1. The zero-order chi connectivity index (χ0) is 26.1. The number of likely N-dealkylation sites (tertiary alicyclic amines) is 1. The van der Waals surface area contributed by atoms with Gasteiger partial charge >= 0.3 is 5.97 Å². The highest BCUT2D eigenvalue weighted by Gasteiger charge is 2.27. The Morgan fingerprint density at radius 2 is 2.06 bits per heavy atom. The third kappa shape index (κ3) is 8.27. The molecule has 198 valence electrons. The smallest absolute Gasteiger partial charge is 0.306 e. The molecule has 1 N–H and O–H groups in total. The Bertz CT molecular complexity index is 1000. The minimum atomic E-state index is -0.635. The fraction of sp³-hybridized carbons (Fsp3) is 0.552. The zero-order valence-corrected chi connectivity index (χ0v) is 22.4. The van der Waals surface area contributed by atoms with Gasteiger partial charge in [0, 0.05) is 24.0 Å². The van der Waals surface area contributed by atoms with Gasteiger partial charge in [0.05, 0.1) is 25.4 Å². The molecule has 1 heterocycles. The molecule has 0 aromatic heterocycles. The van der Waals surface area contributed by atoms with Gasteiger partial charge in [0.1, 0.15) is 5.82 Å². The molecule has 3 atom stereocenters. The second-order valence-corrected chi connectivity index (χ2v) is 10.0. The summed E-state index contributed by atoms with van der Waals surface area (Å²) in [6.45, 7) is 7.61. The van der Waals surface area contributed by atoms with Crippen molar-refractivity contribution in [2.24, 2.45) is 0 Å². The number of esters is 1. The van der Waals surface area contributed by atoms with Gasteiger partial charge in [-0.1, -0.05) is 36.7 Å². The number of nitrogens with zero attached hydrogens (tertiary/aromatic N) is 1. The van der Waals surface area contributed by atoms with Crippen molar-refractivity contribution in [3.63, 3.8) is 0 Å². The Morgan fingerprint density at radius 3 is 2.78 bits per heavy atom. The van der Waals surface area contributed by atoms with Gasteiger partial charge in [-0.05, 0) is 92.9 Å². The van der Waals surface area contributed by atoms with E-state index in [0.717, 1.165) is 48.9 Å². The Hall–Kier alpha value is -1.99. The maximum absolute atomic E-state index is 14.0. The van der Waals surface area contributed by atoms with E-state index in [1.807, 2.05) is 37.3 Å². The van der Waals surface area contributed by atoms with Gasteiger partial charge in [0.15, 0.2) is 0 Å². The van der Waals surface area contributed by atoms with E-state index in [1.54, 1.807) is 19.9 Å². The van der Waals surface area contributed by atoms with Crippen molar-refractivity contribution in [3.8, 4) is 0 Å². The minimum Gasteiger partial charge on any atom is -0.466 e. The summed E-state index contributed by atoms with van der Waals surface area (Å²) in [5.74, 6) is -0.402. The summed E-state index contributed by atoms with van der Waals surface area (Å²) in [6.07, 6.45) is 3.56. The maximum Gasteiger partial charge on any atom is 0.306 e. The number of rotatable bonds is 13. The summed E-state index contributed by atoms with van der Waals surface area (Å²) in [5, 5.41) is 11.4. The second-order valence-electron chi connectivity index (χ2n) is 9.61. The average Bonchev–Trinajstić information content (AvgIpc) is 3.27. The molecule has 0 spiro atoms. The molecule has 0 radical (unpaired) electrons. The molecule has 0 aliphatic carbocycles. The van der Waals surface area contributed by atoms with E-state index >= 15 is 0 Å². The lowest BCUT2D eigenvalue weighted by molar-refractivity contribution is -0.143. The topological polar surface area (TPSA) is 59.0 Å². The number of aliphatic hydroxyl groups excluding tert-OH is 1. The summed E-state index contributed by atoms with van der Waals surface area (Å²) in [7, 11) is 0. The Kier molecular flexibility index (Phi) is 11.2. The second kappa shape index (κ2) is 14.1. The number of aryl methyl sites for hydroxylation is 2. The van der Waals surface area contributed by atoms with E-state index in [2.05, 4.69) is 4.90 Å². The van der Waals surface area contributed by atoms with Crippen LogP contribution in [0.25, 0.3) is 0 Å². The van der Waals surface area contributed by atoms with Crippen LogP contribution < -0.4 is 0 Å². The van der Waals surface area contributed by atoms with Crippen LogP contribution in [0.3, 0.4) is 0 Å². The lowest BCUT2D eigenvalue weighted by atomic mass is 9.97. The SMILES string of the molecule is CCOC(=O)CCc1cc(Cl)ccc1C(CC)OCC(O)CN1CCC[C@H]1Cc1ccc(C)c(F)c1. The van der Waals surface area contributed by atoms with E-state index < -0.39 is 6.10 Å². The molecule has 7 heteroatoms. The highest BCUT2D eigenvalue weighted by molar-refractivity contribution is 6.30. The van der Waals surface area contributed by atoms with Gasteiger partial charge in [-0.25, -0.2) is 4.39 Å². The largest absolute Gasteiger partial charge is 0.466 e. The first-order chi connectivity index (χ1) is 17.3. The molecule has 0 amide bonds. The predicted octanol–water partition coefficient (Wildman–Crippen LogP) is 5.82. The molecular weight excluding hydrogens is 481 g/mol. The van der Waals surface area contributed by atoms with Gasteiger partial charge in [0.25, 0.3) is 0 Å². The molecule has 36 heavy (non-hydrogen) atoms. The van der Waals surface area contributed by atoms with Crippen LogP contribution in [-0.4, -0.2) is 54.4 Å². The zero-order valence-electron chi connectivity index (χ0n) is 21.6.